The number of amides is 3. The molecule has 1 saturated carbocycles. The summed E-state index contributed by atoms with van der Waals surface area (Å²) in [5.41, 5.74) is 0.569. The van der Waals surface area contributed by atoms with Gasteiger partial charge in [-0.1, -0.05) is 81.8 Å². The number of carbonyl (C=O) groups is 4. The van der Waals surface area contributed by atoms with Gasteiger partial charge in [0.1, 0.15) is 30.0 Å². The molecule has 2 aromatic rings. The van der Waals surface area contributed by atoms with E-state index in [-0.39, 0.29) is 42.3 Å². The van der Waals surface area contributed by atoms with E-state index in [0.717, 1.165) is 11.1 Å². The van der Waals surface area contributed by atoms with E-state index in [4.69, 9.17) is 25.8 Å². The molecule has 49 heavy (non-hydrogen) atoms. The third-order valence-corrected chi connectivity index (χ3v) is 10.1. The summed E-state index contributed by atoms with van der Waals surface area (Å²) >= 11 is 6.36. The van der Waals surface area contributed by atoms with Gasteiger partial charge in [0.25, 0.3) is 0 Å². The van der Waals surface area contributed by atoms with Crippen LogP contribution in [0.5, 0.6) is 5.75 Å². The summed E-state index contributed by atoms with van der Waals surface area (Å²) in [5.74, 6) is -1.47. The lowest BCUT2D eigenvalue weighted by Gasteiger charge is -2.32. The van der Waals surface area contributed by atoms with E-state index in [9.17, 15) is 19.2 Å². The van der Waals surface area contributed by atoms with Crippen molar-refractivity contribution in [1.82, 2.24) is 16.0 Å². The number of hydrogen-bond acceptors (Lipinski definition) is 7. The molecule has 1 unspecified atom stereocenters. The normalized spacial score (nSPS) is 28.8. The molecule has 0 bridgehead atoms. The van der Waals surface area contributed by atoms with Gasteiger partial charge in [-0.25, -0.2) is 4.79 Å². The average molecular weight is 694 g/mol. The van der Waals surface area contributed by atoms with Crippen LogP contribution < -0.4 is 20.7 Å². The molecule has 3 aliphatic rings. The zero-order chi connectivity index (χ0) is 35.5. The van der Waals surface area contributed by atoms with Gasteiger partial charge in [0.05, 0.1) is 23.7 Å². The summed E-state index contributed by atoms with van der Waals surface area (Å²) in [6.45, 7) is 9.75. The first-order valence-corrected chi connectivity index (χ1v) is 17.4. The number of epoxide rings is 1. The van der Waals surface area contributed by atoms with Gasteiger partial charge in [0.15, 0.2) is 0 Å². The van der Waals surface area contributed by atoms with Crippen molar-refractivity contribution in [2.75, 3.05) is 7.11 Å². The van der Waals surface area contributed by atoms with Gasteiger partial charge in [0.2, 0.25) is 17.7 Å². The molecule has 1 saturated heterocycles. The second-order valence-corrected chi connectivity index (χ2v) is 15.2. The molecule has 2 aromatic carbocycles. The summed E-state index contributed by atoms with van der Waals surface area (Å²) in [4.78, 5) is 54.8. The van der Waals surface area contributed by atoms with E-state index in [0.29, 0.717) is 30.0 Å². The molecule has 5 rings (SSSR count). The van der Waals surface area contributed by atoms with Gasteiger partial charge in [-0.05, 0) is 60.9 Å². The number of nitrogens with one attached hydrogen (secondary N) is 3. The second kappa shape index (κ2) is 14.9. The molecule has 2 aliphatic heterocycles. The second-order valence-electron chi connectivity index (χ2n) is 14.8. The molecule has 264 valence electrons. The zero-order valence-corrected chi connectivity index (χ0v) is 29.8. The summed E-state index contributed by atoms with van der Waals surface area (Å²) in [7, 11) is 1.52. The van der Waals surface area contributed by atoms with Crippen molar-refractivity contribution in [3.8, 4) is 5.75 Å². The highest BCUT2D eigenvalue weighted by molar-refractivity contribution is 6.32. The van der Waals surface area contributed by atoms with Gasteiger partial charge in [0, 0.05) is 24.8 Å². The Morgan fingerprint density at radius 3 is 2.35 bits per heavy atom. The van der Waals surface area contributed by atoms with Crippen molar-refractivity contribution in [1.29, 1.82) is 0 Å². The van der Waals surface area contributed by atoms with Gasteiger partial charge >= 0.3 is 5.97 Å². The maximum atomic E-state index is 13.9. The van der Waals surface area contributed by atoms with Crippen molar-refractivity contribution in [3.05, 3.63) is 76.8 Å². The van der Waals surface area contributed by atoms with Crippen LogP contribution in [0.15, 0.2) is 60.7 Å². The van der Waals surface area contributed by atoms with Crippen LogP contribution >= 0.6 is 11.6 Å². The smallest absolute Gasteiger partial charge is 0.328 e. The fraction of sp³-hybridized carbons (Fsp3) is 0.526. The molecule has 10 nitrogen and oxygen atoms in total. The minimum absolute atomic E-state index is 0.130. The molecule has 7 atom stereocenters. The Bertz CT molecular complexity index is 1570. The monoisotopic (exact) mass is 693 g/mol. The number of esters is 1. The van der Waals surface area contributed by atoms with Crippen molar-refractivity contribution < 1.29 is 33.4 Å². The van der Waals surface area contributed by atoms with Crippen molar-refractivity contribution in [2.45, 2.75) is 103 Å². The van der Waals surface area contributed by atoms with Gasteiger partial charge in [-0.15, -0.1) is 0 Å². The van der Waals surface area contributed by atoms with E-state index in [1.165, 1.54) is 13.2 Å². The molecular formula is C38H48ClN3O7. The minimum atomic E-state index is -0.955. The molecule has 3 amide bonds. The van der Waals surface area contributed by atoms with E-state index in [2.05, 4.69) is 16.0 Å². The molecule has 0 aromatic heterocycles. The molecule has 0 radical (unpaired) electrons. The molecule has 2 heterocycles. The number of halogens is 1. The minimum Gasteiger partial charge on any atom is -0.495 e. The standard InChI is InChI=1S/C38H48ClN3O7/c1-22(32-33(49-32)25-11-8-7-9-12-25)29-13-10-14-31(43)41-27(20-24-15-16-30(47-6)26(39)19-24)34(44)40-23(2)38(17-18-38)36(46)42-28(35(45)48-29)21-37(3,4)5/h7-12,14-16,19,22-23,27-29,32-33H,13,17-18,20-21H2,1-6H3,(H,40,44)(H,41,43)(H,42,46)/b14-10+/t22-,23?,27+,28-,29-,32+,33+/m0/s1. The zero-order valence-electron chi connectivity index (χ0n) is 29.1. The van der Waals surface area contributed by atoms with Crippen molar-refractivity contribution in [3.63, 3.8) is 0 Å². The Kier molecular flexibility index (Phi) is 11.1. The molecule has 11 heteroatoms. The van der Waals surface area contributed by atoms with E-state index in [1.54, 1.807) is 31.2 Å². The third kappa shape index (κ3) is 9.02. The number of hydrogen-bond donors (Lipinski definition) is 3. The number of methoxy groups -OCH3 is 1. The van der Waals surface area contributed by atoms with Crippen LogP contribution in [-0.2, 0) is 35.1 Å². The highest BCUT2D eigenvalue weighted by atomic mass is 35.5. The highest BCUT2D eigenvalue weighted by Gasteiger charge is 2.55. The van der Waals surface area contributed by atoms with Crippen LogP contribution in [0.4, 0.5) is 0 Å². The molecular weight excluding hydrogens is 646 g/mol. The van der Waals surface area contributed by atoms with Gasteiger partial charge in [-0.2, -0.15) is 0 Å². The number of rotatable bonds is 7. The molecule has 1 aliphatic carbocycles. The van der Waals surface area contributed by atoms with Crippen LogP contribution in [0.1, 0.15) is 77.5 Å². The van der Waals surface area contributed by atoms with Crippen LogP contribution in [0, 0.1) is 16.7 Å². The summed E-state index contributed by atoms with van der Waals surface area (Å²) in [6, 6.07) is 12.6. The maximum Gasteiger partial charge on any atom is 0.328 e. The Morgan fingerprint density at radius 1 is 1.00 bits per heavy atom. The largest absolute Gasteiger partial charge is 0.495 e. The average Bonchev–Trinajstić information content (AvgIpc) is 3.97. The van der Waals surface area contributed by atoms with E-state index in [1.807, 2.05) is 58.0 Å². The predicted octanol–water partition coefficient (Wildman–Crippen LogP) is 5.23. The van der Waals surface area contributed by atoms with E-state index < -0.39 is 47.4 Å². The van der Waals surface area contributed by atoms with Gasteiger partial charge < -0.3 is 30.2 Å². The predicted molar refractivity (Wildman–Crippen MR) is 186 cm³/mol. The highest BCUT2D eigenvalue weighted by Crippen LogP contribution is 2.49. The number of carbonyl (C=O) groups excluding carboxylic acids is 4. The summed E-state index contributed by atoms with van der Waals surface area (Å²) in [5, 5.41) is 9.20. The van der Waals surface area contributed by atoms with Crippen molar-refractivity contribution in [2.24, 2.45) is 16.7 Å². The van der Waals surface area contributed by atoms with Crippen LogP contribution in [0.25, 0.3) is 0 Å². The quantitative estimate of drug-likeness (QED) is 0.267. The molecule has 1 spiro atoms. The molecule has 3 N–H and O–H groups in total. The Labute approximate surface area is 293 Å². The fourth-order valence-electron chi connectivity index (χ4n) is 6.61. The molecule has 2 fully saturated rings. The van der Waals surface area contributed by atoms with Gasteiger partial charge in [-0.3, -0.25) is 14.4 Å². The first-order chi connectivity index (χ1) is 23.2. The Morgan fingerprint density at radius 2 is 1.71 bits per heavy atom. The topological polar surface area (TPSA) is 135 Å². The van der Waals surface area contributed by atoms with E-state index >= 15 is 0 Å². The third-order valence-electron chi connectivity index (χ3n) is 9.79. The summed E-state index contributed by atoms with van der Waals surface area (Å²) in [6.07, 6.45) is 3.88. The Hall–Kier alpha value is -3.89. The van der Waals surface area contributed by atoms with Crippen LogP contribution in [-0.4, -0.2) is 61.1 Å². The first-order valence-electron chi connectivity index (χ1n) is 17.0. The maximum absolute atomic E-state index is 13.9. The van der Waals surface area contributed by atoms with Crippen molar-refractivity contribution >= 4 is 35.3 Å². The SMILES string of the molecule is COc1ccc(C[C@H]2NC(=O)/C=C/C[C@@H]([C@H](C)[C@H]3O[C@@H]3c3ccccc3)OC(=O)[C@H](CC(C)(C)C)NC(=O)C3(CC3)C(C)NC2=O)cc1Cl. The lowest BCUT2D eigenvalue weighted by Crippen LogP contribution is -2.55. The first kappa shape index (κ1) is 36.4. The summed E-state index contributed by atoms with van der Waals surface area (Å²) < 4.78 is 17.5. The number of benzene rings is 2. The lowest BCUT2D eigenvalue weighted by atomic mass is 9.87. The number of ether oxygens (including phenoxy) is 3. The fourth-order valence-corrected chi connectivity index (χ4v) is 6.89. The Balaban J connectivity index is 1.43. The van der Waals surface area contributed by atoms with Crippen LogP contribution in [0.3, 0.4) is 0 Å². The lowest BCUT2D eigenvalue weighted by molar-refractivity contribution is -0.157. The van der Waals surface area contributed by atoms with Crippen LogP contribution in [0.2, 0.25) is 5.02 Å². The number of cyclic esters (lactones) is 1.